The van der Waals surface area contributed by atoms with Gasteiger partial charge in [0.15, 0.2) is 0 Å². The Morgan fingerprint density at radius 1 is 1.40 bits per heavy atom. The van der Waals surface area contributed by atoms with Crippen LogP contribution in [0, 0.1) is 0 Å². The molecular formula is C11H8N2OS. The van der Waals surface area contributed by atoms with Crippen LogP contribution in [0.15, 0.2) is 29.3 Å². The van der Waals surface area contributed by atoms with Crippen molar-refractivity contribution < 1.29 is 4.79 Å². The summed E-state index contributed by atoms with van der Waals surface area (Å²) >= 11 is 1.62. The molecule has 1 aromatic heterocycles. The highest BCUT2D eigenvalue weighted by molar-refractivity contribution is 7.18. The minimum absolute atomic E-state index is 0.328. The summed E-state index contributed by atoms with van der Waals surface area (Å²) in [6.07, 6.45) is 3.49. The average Bonchev–Trinajstić information content (AvgIpc) is 2.91. The van der Waals surface area contributed by atoms with E-state index in [0.29, 0.717) is 0 Å². The molecule has 15 heavy (non-hydrogen) atoms. The van der Waals surface area contributed by atoms with Gasteiger partial charge in [-0.25, -0.2) is 9.78 Å². The Morgan fingerprint density at radius 3 is 2.87 bits per heavy atom. The first kappa shape index (κ1) is 8.77. The van der Waals surface area contributed by atoms with E-state index in [0.717, 1.165) is 28.1 Å². The zero-order valence-electron chi connectivity index (χ0n) is 7.93. The van der Waals surface area contributed by atoms with Gasteiger partial charge in [-0.3, -0.25) is 0 Å². The first-order valence-electron chi connectivity index (χ1n) is 4.79. The van der Waals surface area contributed by atoms with Crippen molar-refractivity contribution in [2.24, 2.45) is 4.99 Å². The van der Waals surface area contributed by atoms with E-state index in [4.69, 9.17) is 0 Å². The molecule has 2 aromatic rings. The van der Waals surface area contributed by atoms with Gasteiger partial charge >= 0.3 is 0 Å². The van der Waals surface area contributed by atoms with Gasteiger partial charge in [0.25, 0.3) is 0 Å². The van der Waals surface area contributed by atoms with Gasteiger partial charge in [0.2, 0.25) is 6.08 Å². The summed E-state index contributed by atoms with van der Waals surface area (Å²) < 4.78 is 1.15. The molecule has 3 rings (SSSR count). The van der Waals surface area contributed by atoms with Crippen molar-refractivity contribution in [2.45, 2.75) is 18.4 Å². The predicted octanol–water partition coefficient (Wildman–Crippen LogP) is 2.62. The fourth-order valence-electron chi connectivity index (χ4n) is 1.65. The maximum absolute atomic E-state index is 10.3. The topological polar surface area (TPSA) is 42.3 Å². The van der Waals surface area contributed by atoms with Gasteiger partial charge in [-0.05, 0) is 25.0 Å². The fraction of sp³-hybridized carbons (Fsp3) is 0.273. The molecule has 74 valence electrons. The van der Waals surface area contributed by atoms with Crippen molar-refractivity contribution in [3.05, 3.63) is 29.3 Å². The summed E-state index contributed by atoms with van der Waals surface area (Å²) in [5, 5.41) is 0.951. The number of nitrogens with zero attached hydrogens (tertiary/aromatic N) is 2. The molecule has 1 aromatic carbocycles. The molecule has 0 unspecified atom stereocenters. The summed E-state index contributed by atoms with van der Waals surface area (Å²) in [5.74, 6) is 0. The predicted molar refractivity (Wildman–Crippen MR) is 58.7 cm³/mol. The standard InChI is InChI=1S/C11H8N2OS/c14-7-12-11(5-6-11)10-13-8-3-1-2-4-9(8)15-10/h1-4H,5-6H2. The molecule has 1 heterocycles. The molecule has 1 saturated carbocycles. The van der Waals surface area contributed by atoms with Crippen molar-refractivity contribution in [1.29, 1.82) is 0 Å². The normalized spacial score (nSPS) is 17.3. The Bertz CT molecular complexity index is 532. The molecule has 3 nitrogen and oxygen atoms in total. The van der Waals surface area contributed by atoms with Gasteiger partial charge in [0.05, 0.1) is 10.2 Å². The minimum atomic E-state index is -0.328. The molecule has 0 amide bonds. The van der Waals surface area contributed by atoms with Crippen LogP contribution in [0.4, 0.5) is 0 Å². The second kappa shape index (κ2) is 2.99. The number of carbonyl (C=O) groups excluding carboxylic acids is 1. The minimum Gasteiger partial charge on any atom is -0.239 e. The second-order valence-corrected chi connectivity index (χ2v) is 4.75. The van der Waals surface area contributed by atoms with Crippen molar-refractivity contribution in [1.82, 2.24) is 4.98 Å². The lowest BCUT2D eigenvalue weighted by Crippen LogP contribution is -2.00. The van der Waals surface area contributed by atoms with E-state index in [1.54, 1.807) is 17.4 Å². The lowest BCUT2D eigenvalue weighted by atomic mass is 10.3. The zero-order chi connectivity index (χ0) is 10.3. The van der Waals surface area contributed by atoms with Gasteiger partial charge < -0.3 is 0 Å². The smallest absolute Gasteiger partial charge is 0.235 e. The number of isocyanates is 1. The number of aliphatic imine (C=N–C) groups is 1. The third kappa shape index (κ3) is 1.30. The van der Waals surface area contributed by atoms with Crippen molar-refractivity contribution in [3.63, 3.8) is 0 Å². The van der Waals surface area contributed by atoms with Crippen LogP contribution in [-0.2, 0) is 10.3 Å². The number of hydrogen-bond donors (Lipinski definition) is 0. The lowest BCUT2D eigenvalue weighted by Gasteiger charge is -1.99. The maximum atomic E-state index is 10.3. The quantitative estimate of drug-likeness (QED) is 0.572. The lowest BCUT2D eigenvalue weighted by molar-refractivity contribution is 0.556. The fourth-order valence-corrected chi connectivity index (χ4v) is 2.81. The highest BCUT2D eigenvalue weighted by Gasteiger charge is 2.47. The van der Waals surface area contributed by atoms with Crippen molar-refractivity contribution in [2.75, 3.05) is 0 Å². The van der Waals surface area contributed by atoms with E-state index in [1.165, 1.54) is 0 Å². The molecular weight excluding hydrogens is 208 g/mol. The summed E-state index contributed by atoms with van der Waals surface area (Å²) in [6, 6.07) is 7.98. The molecule has 0 atom stereocenters. The van der Waals surface area contributed by atoms with Gasteiger partial charge in [0, 0.05) is 0 Å². The summed E-state index contributed by atoms with van der Waals surface area (Å²) in [4.78, 5) is 18.7. The second-order valence-electron chi connectivity index (χ2n) is 3.72. The Morgan fingerprint density at radius 2 is 2.20 bits per heavy atom. The average molecular weight is 216 g/mol. The SMILES string of the molecule is O=C=NC1(c2nc3ccccc3s2)CC1. The number of fused-ring (bicyclic) bond motifs is 1. The van der Waals surface area contributed by atoms with E-state index in [1.807, 2.05) is 24.3 Å². The van der Waals surface area contributed by atoms with E-state index < -0.39 is 0 Å². The molecule has 1 aliphatic rings. The maximum Gasteiger partial charge on any atom is 0.235 e. The van der Waals surface area contributed by atoms with Gasteiger partial charge in [-0.2, -0.15) is 4.99 Å². The monoisotopic (exact) mass is 216 g/mol. The summed E-state index contributed by atoms with van der Waals surface area (Å²) in [6.45, 7) is 0. The molecule has 1 aliphatic carbocycles. The van der Waals surface area contributed by atoms with Crippen LogP contribution in [0.5, 0.6) is 0 Å². The molecule has 0 bridgehead atoms. The number of rotatable bonds is 2. The highest BCUT2D eigenvalue weighted by atomic mass is 32.1. The van der Waals surface area contributed by atoms with Crippen LogP contribution in [0.3, 0.4) is 0 Å². The number of benzene rings is 1. The Labute approximate surface area is 90.5 Å². The summed E-state index contributed by atoms with van der Waals surface area (Å²) in [5.41, 5.74) is 0.663. The largest absolute Gasteiger partial charge is 0.239 e. The van der Waals surface area contributed by atoms with Crippen LogP contribution >= 0.6 is 11.3 Å². The first-order chi connectivity index (χ1) is 7.34. The van der Waals surface area contributed by atoms with Crippen LogP contribution in [0.2, 0.25) is 0 Å². The molecule has 0 spiro atoms. The molecule has 4 heteroatoms. The molecule has 1 fully saturated rings. The van der Waals surface area contributed by atoms with Crippen LogP contribution < -0.4 is 0 Å². The first-order valence-corrected chi connectivity index (χ1v) is 5.61. The summed E-state index contributed by atoms with van der Waals surface area (Å²) in [7, 11) is 0. The zero-order valence-corrected chi connectivity index (χ0v) is 8.75. The van der Waals surface area contributed by atoms with Crippen LogP contribution in [0.25, 0.3) is 10.2 Å². The Balaban J connectivity index is 2.16. The third-order valence-electron chi connectivity index (χ3n) is 2.68. The van der Waals surface area contributed by atoms with E-state index in [-0.39, 0.29) is 5.54 Å². The highest BCUT2D eigenvalue weighted by Crippen LogP contribution is 2.51. The Kier molecular flexibility index (Phi) is 1.75. The molecule has 0 N–H and O–H groups in total. The molecule has 0 aliphatic heterocycles. The molecule has 0 radical (unpaired) electrons. The third-order valence-corrected chi connectivity index (χ3v) is 3.90. The van der Waals surface area contributed by atoms with Gasteiger partial charge in [0.1, 0.15) is 10.5 Å². The number of thiazole rings is 1. The van der Waals surface area contributed by atoms with Crippen molar-refractivity contribution >= 4 is 27.6 Å². The number of aromatic nitrogens is 1. The van der Waals surface area contributed by atoms with Crippen LogP contribution in [0.1, 0.15) is 17.8 Å². The van der Waals surface area contributed by atoms with Crippen molar-refractivity contribution in [3.8, 4) is 0 Å². The van der Waals surface area contributed by atoms with E-state index in [9.17, 15) is 4.79 Å². The number of para-hydroxylation sites is 1. The van der Waals surface area contributed by atoms with Crippen LogP contribution in [-0.4, -0.2) is 11.1 Å². The van der Waals surface area contributed by atoms with E-state index >= 15 is 0 Å². The Hall–Kier alpha value is -1.51. The van der Waals surface area contributed by atoms with Gasteiger partial charge in [-0.15, -0.1) is 11.3 Å². The molecule has 0 saturated heterocycles. The number of hydrogen-bond acceptors (Lipinski definition) is 4. The van der Waals surface area contributed by atoms with Gasteiger partial charge in [-0.1, -0.05) is 12.1 Å². The van der Waals surface area contributed by atoms with E-state index in [2.05, 4.69) is 9.98 Å².